The van der Waals surface area contributed by atoms with Gasteiger partial charge < -0.3 is 10.1 Å². The molecule has 0 bridgehead atoms. The largest absolute Gasteiger partial charge is 0.469 e. The number of carbonyl (C=O) groups is 2. The first kappa shape index (κ1) is 8.04. The topological polar surface area (TPSA) is 55.4 Å². The van der Waals surface area contributed by atoms with Gasteiger partial charge in [0.1, 0.15) is 0 Å². The summed E-state index contributed by atoms with van der Waals surface area (Å²) in [5.74, 6) is -0.684. The molecule has 1 heterocycles. The van der Waals surface area contributed by atoms with Crippen molar-refractivity contribution in [3.8, 4) is 0 Å². The number of rotatable bonds is 1. The summed E-state index contributed by atoms with van der Waals surface area (Å²) in [7, 11) is 1.33. The first-order valence-corrected chi connectivity index (χ1v) is 3.52. The number of ether oxygens (including phenoxy) is 1. The average Bonchev–Trinajstić information content (AvgIpc) is 2.28. The Labute approximate surface area is 64.9 Å². The van der Waals surface area contributed by atoms with Crippen LogP contribution in [0.2, 0.25) is 0 Å². The first-order valence-electron chi connectivity index (χ1n) is 3.52. The highest BCUT2D eigenvalue weighted by molar-refractivity contribution is 5.87. The third-order valence-electron chi connectivity index (χ3n) is 1.90. The number of esters is 1. The SMILES string of the molecule is COC(=O)[C@H]1CC(=O)N[C@@H]1C. The molecule has 11 heavy (non-hydrogen) atoms. The second-order valence-electron chi connectivity index (χ2n) is 2.69. The fourth-order valence-electron chi connectivity index (χ4n) is 1.23. The number of amides is 1. The van der Waals surface area contributed by atoms with Gasteiger partial charge in [0.15, 0.2) is 0 Å². The Kier molecular flexibility index (Phi) is 2.12. The number of methoxy groups -OCH3 is 1. The summed E-state index contributed by atoms with van der Waals surface area (Å²) < 4.78 is 4.52. The minimum Gasteiger partial charge on any atom is -0.469 e. The molecular weight excluding hydrogens is 146 g/mol. The maximum Gasteiger partial charge on any atom is 0.311 e. The van der Waals surface area contributed by atoms with E-state index in [0.29, 0.717) is 0 Å². The smallest absolute Gasteiger partial charge is 0.311 e. The molecule has 1 aliphatic rings. The van der Waals surface area contributed by atoms with Gasteiger partial charge in [-0.15, -0.1) is 0 Å². The van der Waals surface area contributed by atoms with Crippen LogP contribution in [0.5, 0.6) is 0 Å². The van der Waals surface area contributed by atoms with Gasteiger partial charge in [0, 0.05) is 12.5 Å². The van der Waals surface area contributed by atoms with Crippen molar-refractivity contribution in [3.63, 3.8) is 0 Å². The molecule has 0 saturated carbocycles. The second kappa shape index (κ2) is 2.90. The highest BCUT2D eigenvalue weighted by atomic mass is 16.5. The van der Waals surface area contributed by atoms with E-state index in [2.05, 4.69) is 10.1 Å². The summed E-state index contributed by atoms with van der Waals surface area (Å²) >= 11 is 0. The van der Waals surface area contributed by atoms with E-state index in [1.54, 1.807) is 6.92 Å². The van der Waals surface area contributed by atoms with Gasteiger partial charge in [-0.05, 0) is 6.92 Å². The normalized spacial score (nSPS) is 29.8. The molecule has 0 aromatic heterocycles. The number of carbonyl (C=O) groups excluding carboxylic acids is 2. The Morgan fingerprint density at radius 2 is 2.36 bits per heavy atom. The Morgan fingerprint density at radius 3 is 2.73 bits per heavy atom. The van der Waals surface area contributed by atoms with Crippen molar-refractivity contribution in [3.05, 3.63) is 0 Å². The highest BCUT2D eigenvalue weighted by Gasteiger charge is 2.35. The van der Waals surface area contributed by atoms with E-state index in [-0.39, 0.29) is 30.3 Å². The van der Waals surface area contributed by atoms with Gasteiger partial charge in [-0.3, -0.25) is 9.59 Å². The van der Waals surface area contributed by atoms with Gasteiger partial charge in [-0.2, -0.15) is 0 Å². The summed E-state index contributed by atoms with van der Waals surface area (Å²) in [5, 5.41) is 2.64. The molecule has 0 aliphatic carbocycles. The third kappa shape index (κ3) is 1.50. The van der Waals surface area contributed by atoms with Crippen molar-refractivity contribution >= 4 is 11.9 Å². The van der Waals surface area contributed by atoms with Crippen molar-refractivity contribution in [1.82, 2.24) is 5.32 Å². The molecule has 2 atom stereocenters. The predicted octanol–water partition coefficient (Wildman–Crippen LogP) is -0.316. The third-order valence-corrected chi connectivity index (χ3v) is 1.90. The van der Waals surface area contributed by atoms with E-state index in [1.807, 2.05) is 0 Å². The summed E-state index contributed by atoms with van der Waals surface area (Å²) in [6.07, 6.45) is 0.258. The minimum absolute atomic E-state index is 0.0760. The predicted molar refractivity (Wildman–Crippen MR) is 37.7 cm³/mol. The molecule has 1 fully saturated rings. The van der Waals surface area contributed by atoms with Gasteiger partial charge in [0.25, 0.3) is 0 Å². The van der Waals surface area contributed by atoms with Crippen molar-refractivity contribution < 1.29 is 14.3 Å². The molecule has 0 radical (unpaired) electrons. The highest BCUT2D eigenvalue weighted by Crippen LogP contribution is 2.16. The summed E-state index contributed by atoms with van der Waals surface area (Å²) in [6.45, 7) is 1.80. The Balaban J connectivity index is 2.59. The van der Waals surface area contributed by atoms with Crippen LogP contribution < -0.4 is 5.32 Å². The van der Waals surface area contributed by atoms with E-state index >= 15 is 0 Å². The number of nitrogens with one attached hydrogen (secondary N) is 1. The van der Waals surface area contributed by atoms with Gasteiger partial charge >= 0.3 is 5.97 Å². The zero-order valence-corrected chi connectivity index (χ0v) is 6.59. The van der Waals surface area contributed by atoms with Crippen LogP contribution in [0.15, 0.2) is 0 Å². The van der Waals surface area contributed by atoms with E-state index < -0.39 is 0 Å². The molecule has 0 aromatic carbocycles. The van der Waals surface area contributed by atoms with Crippen molar-refractivity contribution in [2.75, 3.05) is 7.11 Å². The lowest BCUT2D eigenvalue weighted by Crippen LogP contribution is -2.29. The monoisotopic (exact) mass is 157 g/mol. The molecule has 4 nitrogen and oxygen atoms in total. The molecule has 4 heteroatoms. The zero-order chi connectivity index (χ0) is 8.43. The van der Waals surface area contributed by atoms with Crippen LogP contribution in [0.1, 0.15) is 13.3 Å². The fraction of sp³-hybridized carbons (Fsp3) is 0.714. The molecular formula is C7H11NO3. The standard InChI is InChI=1S/C7H11NO3/c1-4-5(7(10)11-2)3-6(9)8-4/h4-5H,3H2,1-2H3,(H,8,9)/t4-,5+/m1/s1. The van der Waals surface area contributed by atoms with Crippen LogP contribution in [-0.4, -0.2) is 25.0 Å². The number of hydrogen-bond donors (Lipinski definition) is 1. The fourth-order valence-corrected chi connectivity index (χ4v) is 1.23. The van der Waals surface area contributed by atoms with Crippen LogP contribution in [0, 0.1) is 5.92 Å². The van der Waals surface area contributed by atoms with E-state index in [9.17, 15) is 9.59 Å². The zero-order valence-electron chi connectivity index (χ0n) is 6.59. The Morgan fingerprint density at radius 1 is 1.73 bits per heavy atom. The molecule has 0 unspecified atom stereocenters. The van der Waals surface area contributed by atoms with Crippen LogP contribution >= 0.6 is 0 Å². The molecule has 1 rings (SSSR count). The van der Waals surface area contributed by atoms with Crippen LogP contribution in [0.25, 0.3) is 0 Å². The van der Waals surface area contributed by atoms with Crippen molar-refractivity contribution in [1.29, 1.82) is 0 Å². The quantitative estimate of drug-likeness (QED) is 0.531. The maximum absolute atomic E-state index is 11.0. The van der Waals surface area contributed by atoms with Gasteiger partial charge in [-0.25, -0.2) is 0 Å². The van der Waals surface area contributed by atoms with Crippen LogP contribution in [0.3, 0.4) is 0 Å². The van der Waals surface area contributed by atoms with Gasteiger partial charge in [-0.1, -0.05) is 0 Å². The number of hydrogen-bond acceptors (Lipinski definition) is 3. The lowest BCUT2D eigenvalue weighted by molar-refractivity contribution is -0.146. The summed E-state index contributed by atoms with van der Waals surface area (Å²) in [5.41, 5.74) is 0. The Hall–Kier alpha value is -1.06. The van der Waals surface area contributed by atoms with Crippen molar-refractivity contribution in [2.45, 2.75) is 19.4 Å². The molecule has 0 aromatic rings. The van der Waals surface area contributed by atoms with Crippen LogP contribution in [-0.2, 0) is 14.3 Å². The first-order chi connectivity index (χ1) is 5.15. The average molecular weight is 157 g/mol. The molecule has 1 N–H and O–H groups in total. The van der Waals surface area contributed by atoms with Gasteiger partial charge in [0.2, 0.25) is 5.91 Å². The molecule has 0 spiro atoms. The van der Waals surface area contributed by atoms with Crippen molar-refractivity contribution in [2.24, 2.45) is 5.92 Å². The van der Waals surface area contributed by atoms with E-state index in [0.717, 1.165) is 0 Å². The summed E-state index contributed by atoms with van der Waals surface area (Å²) in [4.78, 5) is 21.7. The molecule has 1 amide bonds. The molecule has 1 aliphatic heterocycles. The van der Waals surface area contributed by atoms with Gasteiger partial charge in [0.05, 0.1) is 13.0 Å². The van der Waals surface area contributed by atoms with Crippen LogP contribution in [0.4, 0.5) is 0 Å². The van der Waals surface area contributed by atoms with E-state index in [1.165, 1.54) is 7.11 Å². The molecule has 62 valence electrons. The molecule has 1 saturated heterocycles. The van der Waals surface area contributed by atoms with E-state index in [4.69, 9.17) is 0 Å². The lowest BCUT2D eigenvalue weighted by Gasteiger charge is -2.10. The lowest BCUT2D eigenvalue weighted by atomic mass is 10.0. The summed E-state index contributed by atoms with van der Waals surface area (Å²) in [6, 6.07) is -0.0880. The maximum atomic E-state index is 11.0. The Bertz CT molecular complexity index is 190. The minimum atomic E-state index is -0.309. The second-order valence-corrected chi connectivity index (χ2v) is 2.69.